The van der Waals surface area contributed by atoms with Gasteiger partial charge in [-0.15, -0.1) is 0 Å². The van der Waals surface area contributed by atoms with Crippen molar-refractivity contribution >= 4 is 5.69 Å². The Balaban J connectivity index is 1.46. The normalized spacial score (nSPS) is 30.4. The van der Waals surface area contributed by atoms with E-state index >= 15 is 0 Å². The Morgan fingerprint density at radius 3 is 2.68 bits per heavy atom. The second-order valence-electron chi connectivity index (χ2n) is 7.75. The molecule has 0 saturated carbocycles. The van der Waals surface area contributed by atoms with Crippen LogP contribution < -0.4 is 9.64 Å². The molecule has 25 heavy (non-hydrogen) atoms. The van der Waals surface area contributed by atoms with Gasteiger partial charge in [-0.05, 0) is 36.8 Å². The number of fused-ring (bicyclic) bond motifs is 1. The Hall–Kier alpha value is -2.14. The molecule has 2 aromatic heterocycles. The van der Waals surface area contributed by atoms with Crippen LogP contribution in [-0.4, -0.2) is 54.2 Å². The minimum absolute atomic E-state index is 0.636. The maximum Gasteiger partial charge on any atom is 0.212 e. The molecule has 4 saturated heterocycles. The summed E-state index contributed by atoms with van der Waals surface area (Å²) in [5.41, 5.74) is 3.46. The Labute approximate surface area is 148 Å². The van der Waals surface area contributed by atoms with Gasteiger partial charge in [0.1, 0.15) is 0 Å². The average Bonchev–Trinajstić information content (AvgIpc) is 2.85. The summed E-state index contributed by atoms with van der Waals surface area (Å²) >= 11 is 0. The van der Waals surface area contributed by atoms with Crippen molar-refractivity contribution in [1.29, 1.82) is 0 Å². The second kappa shape index (κ2) is 5.99. The lowest BCUT2D eigenvalue weighted by Crippen LogP contribution is -2.49. The first-order valence-corrected chi connectivity index (χ1v) is 9.23. The van der Waals surface area contributed by atoms with Crippen LogP contribution in [-0.2, 0) is 0 Å². The van der Waals surface area contributed by atoms with Crippen LogP contribution in [0.5, 0.6) is 5.88 Å². The molecule has 6 heterocycles. The smallest absolute Gasteiger partial charge is 0.212 e. The zero-order valence-corrected chi connectivity index (χ0v) is 14.6. The third-order valence-corrected chi connectivity index (χ3v) is 6.00. The Morgan fingerprint density at radius 2 is 1.88 bits per heavy atom. The zero-order chi connectivity index (χ0) is 16.8. The SMILES string of the molecule is COc1ccc(-c2cncc(N3CC4CC5CC3CN(C5)C4)c2)cn1. The molecule has 4 atom stereocenters. The van der Waals surface area contributed by atoms with Crippen molar-refractivity contribution in [3.63, 3.8) is 0 Å². The van der Waals surface area contributed by atoms with Crippen LogP contribution >= 0.6 is 0 Å². The quantitative estimate of drug-likeness (QED) is 0.862. The van der Waals surface area contributed by atoms with Crippen LogP contribution in [0.25, 0.3) is 11.1 Å². The van der Waals surface area contributed by atoms with Crippen molar-refractivity contribution in [3.05, 3.63) is 36.8 Å². The fraction of sp³-hybridized carbons (Fsp3) is 0.500. The molecule has 5 nitrogen and oxygen atoms in total. The van der Waals surface area contributed by atoms with Crippen LogP contribution in [0.1, 0.15) is 12.8 Å². The number of nitrogens with zero attached hydrogens (tertiary/aromatic N) is 4. The van der Waals surface area contributed by atoms with Crippen molar-refractivity contribution in [2.75, 3.05) is 38.2 Å². The topological polar surface area (TPSA) is 41.5 Å². The van der Waals surface area contributed by atoms with E-state index in [9.17, 15) is 0 Å². The summed E-state index contributed by atoms with van der Waals surface area (Å²) < 4.78 is 5.16. The summed E-state index contributed by atoms with van der Waals surface area (Å²) in [6.45, 7) is 4.97. The van der Waals surface area contributed by atoms with Crippen molar-refractivity contribution < 1.29 is 4.74 Å². The van der Waals surface area contributed by atoms with Gasteiger partial charge in [-0.1, -0.05) is 0 Å². The molecule has 0 aliphatic carbocycles. The van der Waals surface area contributed by atoms with E-state index in [4.69, 9.17) is 4.74 Å². The molecule has 6 rings (SSSR count). The van der Waals surface area contributed by atoms with Crippen LogP contribution in [0.2, 0.25) is 0 Å². The Bertz CT molecular complexity index is 749. The maximum absolute atomic E-state index is 5.16. The summed E-state index contributed by atoms with van der Waals surface area (Å²) in [6, 6.07) is 6.87. The van der Waals surface area contributed by atoms with E-state index in [1.165, 1.54) is 44.7 Å². The van der Waals surface area contributed by atoms with Crippen molar-refractivity contribution in [1.82, 2.24) is 14.9 Å². The van der Waals surface area contributed by atoms with Gasteiger partial charge in [-0.25, -0.2) is 4.98 Å². The number of hydrogen-bond donors (Lipinski definition) is 0. The van der Waals surface area contributed by atoms with Gasteiger partial charge in [0.15, 0.2) is 0 Å². The number of anilines is 1. The fourth-order valence-corrected chi connectivity index (χ4v) is 5.02. The number of methoxy groups -OCH3 is 1. The van der Waals surface area contributed by atoms with E-state index in [-0.39, 0.29) is 0 Å². The highest BCUT2D eigenvalue weighted by Gasteiger charge is 2.41. The highest BCUT2D eigenvalue weighted by Crippen LogP contribution is 2.39. The third-order valence-electron chi connectivity index (χ3n) is 6.00. The summed E-state index contributed by atoms with van der Waals surface area (Å²) in [7, 11) is 1.64. The van der Waals surface area contributed by atoms with Crippen LogP contribution in [0.4, 0.5) is 5.69 Å². The third kappa shape index (κ3) is 2.76. The summed E-state index contributed by atoms with van der Waals surface area (Å²) in [4.78, 5) is 14.2. The summed E-state index contributed by atoms with van der Waals surface area (Å²) in [5.74, 6) is 2.34. The summed E-state index contributed by atoms with van der Waals surface area (Å²) in [5, 5.41) is 0. The average molecular weight is 336 g/mol. The molecule has 4 bridgehead atoms. The first-order valence-electron chi connectivity index (χ1n) is 9.23. The number of aromatic nitrogens is 2. The van der Waals surface area contributed by atoms with E-state index in [1.807, 2.05) is 30.7 Å². The maximum atomic E-state index is 5.16. The van der Waals surface area contributed by atoms with Crippen molar-refractivity contribution in [2.45, 2.75) is 18.9 Å². The standard InChI is InChI=1S/C20H24N4O/c1-25-20-3-2-16(8-22-20)17-6-18(9-21-7-17)24-12-15-4-14-5-19(24)13-23(10-14)11-15/h2-3,6-9,14-15,19H,4-5,10-13H2,1H3. The molecule has 2 aromatic rings. The van der Waals surface area contributed by atoms with Gasteiger partial charge in [-0.2, -0.15) is 0 Å². The van der Waals surface area contributed by atoms with Crippen LogP contribution in [0.15, 0.2) is 36.8 Å². The Kier molecular flexibility index (Phi) is 3.63. The van der Waals surface area contributed by atoms with Crippen LogP contribution in [0.3, 0.4) is 0 Å². The lowest BCUT2D eigenvalue weighted by molar-refractivity contribution is 0.0980. The first kappa shape index (κ1) is 15.1. The van der Waals surface area contributed by atoms with E-state index in [0.29, 0.717) is 11.9 Å². The number of piperidine rings is 2. The van der Waals surface area contributed by atoms with E-state index in [1.54, 1.807) is 7.11 Å². The minimum Gasteiger partial charge on any atom is -0.481 e. The molecule has 0 amide bonds. The first-order chi connectivity index (χ1) is 12.3. The van der Waals surface area contributed by atoms with Gasteiger partial charge in [-0.3, -0.25) is 4.98 Å². The molecule has 4 aliphatic rings. The van der Waals surface area contributed by atoms with Gasteiger partial charge in [0.05, 0.1) is 19.0 Å². The molecule has 0 aromatic carbocycles. The molecule has 4 aliphatic heterocycles. The predicted octanol–water partition coefficient (Wildman–Crippen LogP) is 2.68. The van der Waals surface area contributed by atoms with E-state index in [0.717, 1.165) is 23.0 Å². The van der Waals surface area contributed by atoms with E-state index < -0.39 is 0 Å². The van der Waals surface area contributed by atoms with Gasteiger partial charge >= 0.3 is 0 Å². The molecule has 5 heteroatoms. The molecule has 0 spiro atoms. The second-order valence-corrected chi connectivity index (χ2v) is 7.75. The molecule has 4 fully saturated rings. The Morgan fingerprint density at radius 1 is 0.960 bits per heavy atom. The lowest BCUT2D eigenvalue weighted by Gasteiger charge is -2.41. The van der Waals surface area contributed by atoms with Crippen molar-refractivity contribution in [2.24, 2.45) is 11.8 Å². The van der Waals surface area contributed by atoms with Gasteiger partial charge < -0.3 is 14.5 Å². The monoisotopic (exact) mass is 336 g/mol. The number of rotatable bonds is 3. The molecule has 0 radical (unpaired) electrons. The van der Waals surface area contributed by atoms with Gasteiger partial charge in [0.25, 0.3) is 0 Å². The number of ether oxygens (including phenoxy) is 1. The van der Waals surface area contributed by atoms with Gasteiger partial charge in [0, 0.05) is 61.8 Å². The molecule has 4 unspecified atom stereocenters. The molecular formula is C20H24N4O. The predicted molar refractivity (Wildman–Crippen MR) is 97.8 cm³/mol. The van der Waals surface area contributed by atoms with Crippen molar-refractivity contribution in [3.8, 4) is 17.0 Å². The fourth-order valence-electron chi connectivity index (χ4n) is 5.02. The molecule has 0 N–H and O–H groups in total. The minimum atomic E-state index is 0.636. The van der Waals surface area contributed by atoms with Crippen LogP contribution in [0, 0.1) is 11.8 Å². The highest BCUT2D eigenvalue weighted by atomic mass is 16.5. The largest absolute Gasteiger partial charge is 0.481 e. The zero-order valence-electron chi connectivity index (χ0n) is 14.6. The highest BCUT2D eigenvalue weighted by molar-refractivity contribution is 5.67. The molecular weight excluding hydrogens is 312 g/mol. The summed E-state index contributed by atoms with van der Waals surface area (Å²) in [6.07, 6.45) is 8.56. The number of pyridine rings is 2. The van der Waals surface area contributed by atoms with E-state index in [2.05, 4.69) is 25.8 Å². The van der Waals surface area contributed by atoms with Gasteiger partial charge in [0.2, 0.25) is 5.88 Å². The lowest BCUT2D eigenvalue weighted by atomic mass is 9.84. The molecule has 130 valence electrons. The number of hydrogen-bond acceptors (Lipinski definition) is 5.